The molecule has 1 unspecified atom stereocenters. The second kappa shape index (κ2) is 9.80. The van der Waals surface area contributed by atoms with E-state index in [4.69, 9.17) is 14.6 Å². The van der Waals surface area contributed by atoms with Gasteiger partial charge in [-0.2, -0.15) is 0 Å². The molecule has 0 aliphatic carbocycles. The first-order valence-corrected chi connectivity index (χ1v) is 5.31. The zero-order chi connectivity index (χ0) is 13.1. The minimum Gasteiger partial charge on any atom is -0.480 e. The van der Waals surface area contributed by atoms with Crippen LogP contribution in [0, 0.1) is 0 Å². The summed E-state index contributed by atoms with van der Waals surface area (Å²) in [6.45, 7) is 2.32. The van der Waals surface area contributed by atoms with Crippen molar-refractivity contribution in [2.45, 2.75) is 19.4 Å². The lowest BCUT2D eigenvalue weighted by molar-refractivity contribution is -0.142. The van der Waals surface area contributed by atoms with Crippen LogP contribution >= 0.6 is 0 Å². The summed E-state index contributed by atoms with van der Waals surface area (Å²) >= 11 is 0. The van der Waals surface area contributed by atoms with Gasteiger partial charge in [0, 0.05) is 7.11 Å². The topological polar surface area (TPSA) is 84.9 Å². The van der Waals surface area contributed by atoms with Gasteiger partial charge in [0.2, 0.25) is 5.91 Å². The lowest BCUT2D eigenvalue weighted by Crippen LogP contribution is -2.42. The highest BCUT2D eigenvalue weighted by Crippen LogP contribution is 1.94. The van der Waals surface area contributed by atoms with Crippen LogP contribution in [0.4, 0.5) is 0 Å². The highest BCUT2D eigenvalue weighted by atomic mass is 16.5. The molecule has 1 amide bonds. The van der Waals surface area contributed by atoms with E-state index in [2.05, 4.69) is 5.32 Å². The first-order chi connectivity index (χ1) is 8.11. The second-order valence-electron chi connectivity index (χ2n) is 3.31. The van der Waals surface area contributed by atoms with Gasteiger partial charge < -0.3 is 19.9 Å². The predicted octanol–water partition coefficient (Wildman–Crippen LogP) is 0.185. The molecule has 0 aromatic carbocycles. The Morgan fingerprint density at radius 3 is 2.65 bits per heavy atom. The van der Waals surface area contributed by atoms with E-state index in [1.165, 1.54) is 7.11 Å². The zero-order valence-corrected chi connectivity index (χ0v) is 10.1. The molecule has 6 heteroatoms. The number of ether oxygens (including phenoxy) is 2. The van der Waals surface area contributed by atoms with Crippen LogP contribution in [0.3, 0.4) is 0 Å². The molecule has 0 saturated carbocycles. The Morgan fingerprint density at radius 1 is 1.41 bits per heavy atom. The van der Waals surface area contributed by atoms with Crippen molar-refractivity contribution in [3.05, 3.63) is 12.2 Å². The van der Waals surface area contributed by atoms with Gasteiger partial charge in [-0.1, -0.05) is 12.2 Å². The summed E-state index contributed by atoms with van der Waals surface area (Å²) in [6, 6.07) is -0.912. The normalized spacial score (nSPS) is 12.6. The van der Waals surface area contributed by atoms with Gasteiger partial charge in [0.1, 0.15) is 12.6 Å². The third-order valence-corrected chi connectivity index (χ3v) is 1.91. The molecule has 0 heterocycles. The molecule has 0 aliphatic rings. The monoisotopic (exact) mass is 245 g/mol. The van der Waals surface area contributed by atoms with Gasteiger partial charge >= 0.3 is 5.97 Å². The molecule has 0 saturated heterocycles. The van der Waals surface area contributed by atoms with Crippen molar-refractivity contribution in [2.75, 3.05) is 26.9 Å². The number of allylic oxidation sites excluding steroid dienone is 1. The second-order valence-corrected chi connectivity index (χ2v) is 3.31. The molecule has 98 valence electrons. The van der Waals surface area contributed by atoms with Crippen LogP contribution in [0.1, 0.15) is 13.3 Å². The fraction of sp³-hybridized carbons (Fsp3) is 0.636. The Morgan fingerprint density at radius 2 is 2.12 bits per heavy atom. The maximum absolute atomic E-state index is 11.3. The first kappa shape index (κ1) is 15.6. The van der Waals surface area contributed by atoms with Gasteiger partial charge in [0.05, 0.1) is 13.2 Å². The first-order valence-electron chi connectivity index (χ1n) is 5.31. The Kier molecular flexibility index (Phi) is 8.99. The zero-order valence-electron chi connectivity index (χ0n) is 10.1. The number of aliphatic carboxylic acids is 1. The average molecular weight is 245 g/mol. The molecule has 6 nitrogen and oxygen atoms in total. The molecular weight excluding hydrogens is 226 g/mol. The van der Waals surface area contributed by atoms with Crippen LogP contribution in [0.5, 0.6) is 0 Å². The van der Waals surface area contributed by atoms with Crippen LogP contribution in [0.25, 0.3) is 0 Å². The van der Waals surface area contributed by atoms with E-state index >= 15 is 0 Å². The van der Waals surface area contributed by atoms with E-state index in [1.54, 1.807) is 19.1 Å². The standard InChI is InChI=1S/C11H19NO5/c1-3-4-5-9(11(14)15)12-10(13)8-17-7-6-16-2/h3-4,9H,5-8H2,1-2H3,(H,12,13)(H,14,15)/b4-3+. The molecule has 2 N–H and O–H groups in total. The van der Waals surface area contributed by atoms with Crippen molar-refractivity contribution in [1.82, 2.24) is 5.32 Å². The lowest BCUT2D eigenvalue weighted by atomic mass is 10.2. The van der Waals surface area contributed by atoms with Crippen LogP contribution in [0.15, 0.2) is 12.2 Å². The minimum absolute atomic E-state index is 0.164. The van der Waals surface area contributed by atoms with E-state index < -0.39 is 17.9 Å². The Balaban J connectivity index is 3.91. The molecule has 0 bridgehead atoms. The number of hydrogen-bond donors (Lipinski definition) is 2. The van der Waals surface area contributed by atoms with Crippen LogP contribution in [-0.4, -0.2) is 50.0 Å². The summed E-state index contributed by atoms with van der Waals surface area (Å²) in [6.07, 6.45) is 3.68. The summed E-state index contributed by atoms with van der Waals surface area (Å²) in [4.78, 5) is 22.1. The minimum atomic E-state index is -1.06. The predicted molar refractivity (Wildman–Crippen MR) is 61.7 cm³/mol. The third kappa shape index (κ3) is 8.41. The maximum atomic E-state index is 11.3. The van der Waals surface area contributed by atoms with E-state index in [1.807, 2.05) is 0 Å². The molecule has 0 aliphatic heterocycles. The Bertz CT molecular complexity index is 265. The number of carbonyl (C=O) groups is 2. The Labute approximate surface area is 101 Å². The van der Waals surface area contributed by atoms with Crippen molar-refractivity contribution in [3.63, 3.8) is 0 Å². The molecule has 1 atom stereocenters. The highest BCUT2D eigenvalue weighted by Gasteiger charge is 2.17. The molecule has 0 rings (SSSR count). The SMILES string of the molecule is C/C=C/CC(NC(=O)COCCOC)C(=O)O. The number of carboxylic acids is 1. The van der Waals surface area contributed by atoms with Crippen molar-refractivity contribution >= 4 is 11.9 Å². The quantitative estimate of drug-likeness (QED) is 0.447. The third-order valence-electron chi connectivity index (χ3n) is 1.91. The Hall–Kier alpha value is -1.40. The van der Waals surface area contributed by atoms with Crippen molar-refractivity contribution in [3.8, 4) is 0 Å². The number of nitrogens with one attached hydrogen (secondary N) is 1. The van der Waals surface area contributed by atoms with Crippen LogP contribution in [-0.2, 0) is 19.1 Å². The summed E-state index contributed by atoms with van der Waals surface area (Å²) in [5, 5.41) is 11.2. The average Bonchev–Trinajstić information content (AvgIpc) is 2.29. The molecule has 0 aromatic heterocycles. The van der Waals surface area contributed by atoms with Crippen LogP contribution < -0.4 is 5.32 Å². The van der Waals surface area contributed by atoms with E-state index in [9.17, 15) is 9.59 Å². The molecule has 0 spiro atoms. The van der Waals surface area contributed by atoms with Crippen LogP contribution in [0.2, 0.25) is 0 Å². The lowest BCUT2D eigenvalue weighted by Gasteiger charge is -2.12. The van der Waals surface area contributed by atoms with Gasteiger partial charge in [-0.05, 0) is 13.3 Å². The molecule has 17 heavy (non-hydrogen) atoms. The number of carbonyl (C=O) groups excluding carboxylic acids is 1. The maximum Gasteiger partial charge on any atom is 0.326 e. The summed E-state index contributed by atoms with van der Waals surface area (Å²) in [5.41, 5.74) is 0. The van der Waals surface area contributed by atoms with Crippen molar-refractivity contribution in [2.24, 2.45) is 0 Å². The summed E-state index contributed by atoms with van der Waals surface area (Å²) in [5.74, 6) is -1.51. The van der Waals surface area contributed by atoms with Gasteiger partial charge in [0.15, 0.2) is 0 Å². The van der Waals surface area contributed by atoms with Crippen molar-refractivity contribution in [1.29, 1.82) is 0 Å². The van der Waals surface area contributed by atoms with Gasteiger partial charge in [-0.3, -0.25) is 4.79 Å². The number of amides is 1. The highest BCUT2D eigenvalue weighted by molar-refractivity contribution is 5.84. The molecular formula is C11H19NO5. The number of rotatable bonds is 9. The largest absolute Gasteiger partial charge is 0.480 e. The summed E-state index contributed by atoms with van der Waals surface area (Å²) in [7, 11) is 1.53. The smallest absolute Gasteiger partial charge is 0.326 e. The fourth-order valence-electron chi connectivity index (χ4n) is 1.04. The molecule has 0 radical (unpaired) electrons. The van der Waals surface area contributed by atoms with E-state index in [-0.39, 0.29) is 13.0 Å². The van der Waals surface area contributed by atoms with Gasteiger partial charge in [-0.25, -0.2) is 4.79 Å². The number of carboxylic acid groups (broad SMARTS) is 1. The van der Waals surface area contributed by atoms with Crippen molar-refractivity contribution < 1.29 is 24.2 Å². The van der Waals surface area contributed by atoms with E-state index in [0.29, 0.717) is 13.2 Å². The van der Waals surface area contributed by atoms with E-state index in [0.717, 1.165) is 0 Å². The van der Waals surface area contributed by atoms with Gasteiger partial charge in [-0.15, -0.1) is 0 Å². The van der Waals surface area contributed by atoms with Gasteiger partial charge in [0.25, 0.3) is 0 Å². The summed E-state index contributed by atoms with van der Waals surface area (Å²) < 4.78 is 9.71. The molecule has 0 aromatic rings. The fourth-order valence-corrected chi connectivity index (χ4v) is 1.04. The number of methoxy groups -OCH3 is 1. The molecule has 0 fully saturated rings. The number of hydrogen-bond acceptors (Lipinski definition) is 4.